The minimum absolute atomic E-state index is 0.0703. The fraction of sp³-hybridized carbons (Fsp3) is 0.500. The Labute approximate surface area is 216 Å². The summed E-state index contributed by atoms with van der Waals surface area (Å²) in [6.45, 7) is 5.81. The van der Waals surface area contributed by atoms with E-state index in [1.165, 1.54) is 18.6 Å². The molecule has 0 aromatic carbocycles. The van der Waals surface area contributed by atoms with E-state index in [-0.39, 0.29) is 45.4 Å². The van der Waals surface area contributed by atoms with Gasteiger partial charge in [0.15, 0.2) is 5.65 Å². The number of nitriles is 1. The van der Waals surface area contributed by atoms with E-state index in [0.29, 0.717) is 13.1 Å². The monoisotopic (exact) mass is 533 g/mol. The molecule has 204 valence electrons. The summed E-state index contributed by atoms with van der Waals surface area (Å²) in [5.41, 5.74) is 8.28. The van der Waals surface area contributed by atoms with Crippen LogP contribution in [0.5, 0.6) is 0 Å². The molecule has 1 atom stereocenters. The molecule has 0 saturated carbocycles. The summed E-state index contributed by atoms with van der Waals surface area (Å²) >= 11 is 0. The van der Waals surface area contributed by atoms with Crippen molar-refractivity contribution in [3.63, 3.8) is 0 Å². The maximum absolute atomic E-state index is 12.3. The molecule has 0 spiro atoms. The molecule has 11 nitrogen and oxygen atoms in total. The van der Waals surface area contributed by atoms with E-state index in [1.54, 1.807) is 4.90 Å². The van der Waals surface area contributed by atoms with Crippen molar-refractivity contribution in [2.75, 3.05) is 13.1 Å². The number of aromatic amines is 1. The predicted molar refractivity (Wildman–Crippen MR) is 131 cm³/mol. The third kappa shape index (κ3) is 7.06. The van der Waals surface area contributed by atoms with Crippen LogP contribution in [0.4, 0.5) is 13.2 Å². The van der Waals surface area contributed by atoms with Crippen molar-refractivity contribution in [1.82, 2.24) is 29.4 Å². The largest absolute Gasteiger partial charge is 0.666 e. The number of alkyl halides is 3. The highest BCUT2D eigenvalue weighted by Crippen LogP contribution is 2.26. The highest BCUT2D eigenvalue weighted by molar-refractivity contribution is 6.00. The van der Waals surface area contributed by atoms with E-state index in [9.17, 15) is 22.8 Å². The van der Waals surface area contributed by atoms with Crippen LogP contribution in [-0.2, 0) is 11.3 Å². The normalized spacial score (nSPS) is 15.5. The highest BCUT2D eigenvalue weighted by atomic mass is 19.4. The Hall–Kier alpha value is -3.99. The second kappa shape index (κ2) is 11.2. The number of rotatable bonds is 4. The zero-order valence-corrected chi connectivity index (χ0v) is 21.1. The quantitative estimate of drug-likeness (QED) is 0.505. The van der Waals surface area contributed by atoms with E-state index >= 15 is 0 Å². The number of nitrogens with one attached hydrogen (secondary N) is 2. The van der Waals surface area contributed by atoms with Gasteiger partial charge in [0.2, 0.25) is 5.91 Å². The van der Waals surface area contributed by atoms with Crippen molar-refractivity contribution in [2.24, 2.45) is 11.3 Å². The Morgan fingerprint density at radius 1 is 1.24 bits per heavy atom. The molecule has 1 fully saturated rings. The van der Waals surface area contributed by atoms with E-state index in [4.69, 9.17) is 16.1 Å². The fourth-order valence-corrected chi connectivity index (χ4v) is 3.75. The first-order chi connectivity index (χ1) is 17.7. The molecule has 0 bridgehead atoms. The first kappa shape index (κ1) is 28.6. The number of carboxylic acid groups (broad SMARTS) is 1. The molecule has 38 heavy (non-hydrogen) atoms. The van der Waals surface area contributed by atoms with E-state index in [2.05, 4.69) is 26.0 Å². The van der Waals surface area contributed by atoms with Crippen LogP contribution >= 0.6 is 0 Å². The summed E-state index contributed by atoms with van der Waals surface area (Å²) < 4.78 is 37.8. The molecule has 1 saturated heterocycles. The number of carbonyl (C=O) groups excluding carboxylic acids is 1. The van der Waals surface area contributed by atoms with Gasteiger partial charge in [0.1, 0.15) is 29.0 Å². The fourth-order valence-electron chi connectivity index (χ4n) is 3.75. The van der Waals surface area contributed by atoms with Gasteiger partial charge < -0.3 is 25.3 Å². The Balaban J connectivity index is 0.000000223. The molecule has 0 aliphatic carbocycles. The number of aromatic nitrogens is 5. The third-order valence-electron chi connectivity index (χ3n) is 5.97. The number of carboxylic acids is 1. The van der Waals surface area contributed by atoms with Gasteiger partial charge in [-0.25, -0.2) is 19.7 Å². The van der Waals surface area contributed by atoms with Crippen molar-refractivity contribution < 1.29 is 27.9 Å². The number of piperidine rings is 1. The second-order valence-electron chi connectivity index (χ2n) is 10.0. The van der Waals surface area contributed by atoms with Gasteiger partial charge in [-0.2, -0.15) is 18.4 Å². The lowest BCUT2D eigenvalue weighted by molar-refractivity contribution is -0.140. The average molecular weight is 534 g/mol. The smallest absolute Gasteiger partial charge is 0.406 e. The minimum Gasteiger partial charge on any atom is -0.666 e. The number of H-pyrrole nitrogens is 1. The highest BCUT2D eigenvalue weighted by Gasteiger charge is 2.29. The maximum Gasteiger partial charge on any atom is 0.406 e. The number of nitrogens with zero attached hydrogens (tertiary/aromatic N) is 6. The molecule has 4 heterocycles. The first-order valence-corrected chi connectivity index (χ1v) is 11.8. The molecule has 4 rings (SSSR count). The topological polar surface area (TPSA) is 165 Å². The van der Waals surface area contributed by atoms with Crippen molar-refractivity contribution in [3.05, 3.63) is 36.2 Å². The number of aromatic carboxylic acids is 1. The predicted octanol–water partition coefficient (Wildman–Crippen LogP) is 4.30. The molecule has 0 radical (unpaired) electrons. The summed E-state index contributed by atoms with van der Waals surface area (Å²) in [5, 5.41) is 17.8. The SMILES string of the molecule is CC(C)(C)[C@@H]([NH-])C(=O)N1CCC(C#N)CC1.O=C(O)c1c[nH]c2ncc(-c3cn(CC(F)(F)F)cn3)nc12. The lowest BCUT2D eigenvalue weighted by atomic mass is 9.86. The third-order valence-corrected chi connectivity index (χ3v) is 5.97. The molecule has 3 N–H and O–H groups in total. The second-order valence-corrected chi connectivity index (χ2v) is 10.0. The number of imidazole rings is 1. The average Bonchev–Trinajstić information content (AvgIpc) is 3.48. The molecular formula is C24H28F3N8O3-. The number of amides is 1. The zero-order chi connectivity index (χ0) is 28.3. The molecule has 3 aromatic rings. The van der Waals surface area contributed by atoms with E-state index < -0.39 is 24.7 Å². The van der Waals surface area contributed by atoms with Crippen LogP contribution in [0.25, 0.3) is 28.3 Å². The van der Waals surface area contributed by atoms with Crippen LogP contribution in [0.2, 0.25) is 0 Å². The molecule has 0 unspecified atom stereocenters. The number of hydrogen-bond donors (Lipinski definition) is 2. The van der Waals surface area contributed by atoms with Gasteiger partial charge in [-0.1, -0.05) is 26.8 Å². The van der Waals surface area contributed by atoms with Crippen molar-refractivity contribution >= 4 is 23.0 Å². The molecular weight excluding hydrogens is 505 g/mol. The minimum atomic E-state index is -4.36. The van der Waals surface area contributed by atoms with Gasteiger partial charge in [0.05, 0.1) is 18.6 Å². The van der Waals surface area contributed by atoms with Crippen LogP contribution in [0.3, 0.4) is 0 Å². The van der Waals surface area contributed by atoms with Crippen LogP contribution in [0.15, 0.2) is 24.9 Å². The lowest BCUT2D eigenvalue weighted by Crippen LogP contribution is -2.46. The van der Waals surface area contributed by atoms with E-state index in [1.807, 2.05) is 20.8 Å². The molecule has 3 aromatic heterocycles. The van der Waals surface area contributed by atoms with Gasteiger partial charge in [0.25, 0.3) is 0 Å². The van der Waals surface area contributed by atoms with Gasteiger partial charge in [0, 0.05) is 31.4 Å². The molecule has 14 heteroatoms. The number of likely N-dealkylation sites (tertiary alicyclic amines) is 1. The van der Waals surface area contributed by atoms with Crippen molar-refractivity contribution in [3.8, 4) is 17.5 Å². The van der Waals surface area contributed by atoms with Gasteiger partial charge in [-0.15, -0.1) is 0 Å². The van der Waals surface area contributed by atoms with Gasteiger partial charge in [-0.3, -0.25) is 4.79 Å². The van der Waals surface area contributed by atoms with Crippen LogP contribution in [0.1, 0.15) is 44.0 Å². The zero-order valence-electron chi connectivity index (χ0n) is 21.1. The Kier molecular flexibility index (Phi) is 8.41. The summed E-state index contributed by atoms with van der Waals surface area (Å²) in [6, 6.07) is 1.54. The Bertz CT molecular complexity index is 1330. The van der Waals surface area contributed by atoms with Crippen LogP contribution < -0.4 is 0 Å². The summed E-state index contributed by atoms with van der Waals surface area (Å²) in [5.74, 6) is -1.19. The standard InChI is InChI=1S/C12H8F3N5O2.C12H20N3O/c13-12(14,15)4-20-3-8(18-5-20)7-2-17-10-9(19-7)6(1-16-10)11(21)22;1-12(2,3)10(14)11(16)15-6-4-9(8-13)5-7-15/h1-3,5H,4H2,(H,16,17)(H,21,22);9-10,14H,4-7H2,1-3H3/q;-1/t;10-/m.0/s1. The number of fused-ring (bicyclic) bond motifs is 1. The van der Waals surface area contributed by atoms with Crippen molar-refractivity contribution in [2.45, 2.75) is 52.4 Å². The van der Waals surface area contributed by atoms with Gasteiger partial charge >= 0.3 is 12.1 Å². The van der Waals surface area contributed by atoms with E-state index in [0.717, 1.165) is 23.7 Å². The summed E-state index contributed by atoms with van der Waals surface area (Å²) in [4.78, 5) is 39.4. The molecule has 1 amide bonds. The maximum atomic E-state index is 12.3. The number of halogens is 3. The molecule has 1 aliphatic heterocycles. The Morgan fingerprint density at radius 3 is 2.45 bits per heavy atom. The first-order valence-electron chi connectivity index (χ1n) is 11.8. The number of hydrogen-bond acceptors (Lipinski definition) is 6. The van der Waals surface area contributed by atoms with Crippen LogP contribution in [-0.4, -0.2) is 71.7 Å². The summed E-state index contributed by atoms with van der Waals surface area (Å²) in [7, 11) is 0. The van der Waals surface area contributed by atoms with Crippen molar-refractivity contribution in [1.29, 1.82) is 5.26 Å². The van der Waals surface area contributed by atoms with Crippen LogP contribution in [0, 0.1) is 22.7 Å². The lowest BCUT2D eigenvalue weighted by Gasteiger charge is -2.39. The summed E-state index contributed by atoms with van der Waals surface area (Å²) in [6.07, 6.45) is 1.91. The number of carbonyl (C=O) groups is 2. The van der Waals surface area contributed by atoms with Gasteiger partial charge in [-0.05, 0) is 18.3 Å². The Morgan fingerprint density at radius 2 is 1.89 bits per heavy atom. The molecule has 1 aliphatic rings.